The predicted octanol–water partition coefficient (Wildman–Crippen LogP) is 3.37. The number of nitrogens with zero attached hydrogens (tertiary/aromatic N) is 2. The molecule has 2 saturated heterocycles. The van der Waals surface area contributed by atoms with Crippen molar-refractivity contribution in [3.05, 3.63) is 21.9 Å². The Hall–Kier alpha value is -0.420. The van der Waals surface area contributed by atoms with Crippen molar-refractivity contribution in [2.45, 2.75) is 58.0 Å². The van der Waals surface area contributed by atoms with Gasteiger partial charge in [0.05, 0.1) is 6.61 Å². The minimum absolute atomic E-state index is 0.158. The van der Waals surface area contributed by atoms with Crippen molar-refractivity contribution in [1.82, 2.24) is 9.80 Å². The van der Waals surface area contributed by atoms with Crippen LogP contribution in [0.3, 0.4) is 0 Å². The minimum atomic E-state index is 0.158. The molecule has 2 aliphatic rings. The Morgan fingerprint density at radius 1 is 1.26 bits per heavy atom. The summed E-state index contributed by atoms with van der Waals surface area (Å²) in [6.07, 6.45) is 7.39. The summed E-state index contributed by atoms with van der Waals surface area (Å²) in [4.78, 5) is 8.15. The van der Waals surface area contributed by atoms with Gasteiger partial charge in [-0.3, -0.25) is 4.90 Å². The quantitative estimate of drug-likeness (QED) is 0.863. The lowest BCUT2D eigenvalue weighted by atomic mass is 9.69. The van der Waals surface area contributed by atoms with E-state index in [0.717, 1.165) is 26.1 Å². The molecule has 0 bridgehead atoms. The molecule has 2 fully saturated rings. The third-order valence-corrected chi connectivity index (χ3v) is 7.10. The maximum atomic E-state index is 10.0. The fourth-order valence-corrected chi connectivity index (χ4v) is 5.53. The number of likely N-dealkylation sites (N-methyl/N-ethyl adjacent to an activating group) is 1. The molecule has 1 aromatic rings. The maximum absolute atomic E-state index is 10.0. The van der Waals surface area contributed by atoms with Crippen LogP contribution in [-0.4, -0.2) is 54.2 Å². The smallest absolute Gasteiger partial charge is 0.0503 e. The zero-order valence-corrected chi connectivity index (χ0v) is 15.6. The number of likely N-dealkylation sites (tertiary alicyclic amines) is 2. The Balaban J connectivity index is 1.61. The standard InChI is InChI=1S/C19H32N2OS/c1-3-4-6-16-7-8-17(23-16)13-21-12-10-19(15-22)9-5-11-20(2)18(19)14-21/h7-8,18,22H,3-6,9-15H2,1-2H3/t18-,19-/m1/s1. The molecule has 0 amide bonds. The first-order valence-electron chi connectivity index (χ1n) is 9.28. The molecule has 0 radical (unpaired) electrons. The Labute approximate surface area is 145 Å². The molecule has 0 saturated carbocycles. The highest BCUT2D eigenvalue weighted by atomic mass is 32.1. The van der Waals surface area contributed by atoms with E-state index in [2.05, 4.69) is 35.9 Å². The van der Waals surface area contributed by atoms with Gasteiger partial charge in [-0.05, 0) is 64.4 Å². The van der Waals surface area contributed by atoms with Crippen molar-refractivity contribution in [1.29, 1.82) is 0 Å². The molecule has 0 spiro atoms. The molecule has 3 heterocycles. The monoisotopic (exact) mass is 336 g/mol. The van der Waals surface area contributed by atoms with Crippen LogP contribution >= 0.6 is 11.3 Å². The van der Waals surface area contributed by atoms with Crippen LogP contribution < -0.4 is 0 Å². The van der Waals surface area contributed by atoms with Crippen LogP contribution in [0, 0.1) is 5.41 Å². The third kappa shape index (κ3) is 3.81. The third-order valence-electron chi connectivity index (χ3n) is 5.97. The molecule has 3 nitrogen and oxygen atoms in total. The number of thiophene rings is 1. The van der Waals surface area contributed by atoms with Crippen molar-refractivity contribution in [2.24, 2.45) is 5.41 Å². The largest absolute Gasteiger partial charge is 0.396 e. The van der Waals surface area contributed by atoms with Gasteiger partial charge in [0.15, 0.2) is 0 Å². The number of aryl methyl sites for hydroxylation is 1. The zero-order chi connectivity index (χ0) is 16.3. The summed E-state index contributed by atoms with van der Waals surface area (Å²) >= 11 is 2.00. The van der Waals surface area contributed by atoms with Crippen molar-refractivity contribution < 1.29 is 5.11 Å². The van der Waals surface area contributed by atoms with Gasteiger partial charge in [0, 0.05) is 34.3 Å². The van der Waals surface area contributed by atoms with E-state index in [4.69, 9.17) is 0 Å². The lowest BCUT2D eigenvalue weighted by Crippen LogP contribution is -2.61. The first-order chi connectivity index (χ1) is 11.2. The highest BCUT2D eigenvalue weighted by molar-refractivity contribution is 7.11. The summed E-state index contributed by atoms with van der Waals surface area (Å²) in [5.74, 6) is 0. The zero-order valence-electron chi connectivity index (χ0n) is 14.8. The molecule has 0 aromatic carbocycles. The summed E-state index contributed by atoms with van der Waals surface area (Å²) in [6.45, 7) is 7.13. The summed E-state index contributed by atoms with van der Waals surface area (Å²) in [6, 6.07) is 5.17. The van der Waals surface area contributed by atoms with Crippen LogP contribution in [0.1, 0.15) is 48.8 Å². The number of hydrogen-bond acceptors (Lipinski definition) is 4. The number of aliphatic hydroxyl groups excluding tert-OH is 1. The van der Waals surface area contributed by atoms with Crippen LogP contribution in [0.4, 0.5) is 0 Å². The topological polar surface area (TPSA) is 26.7 Å². The van der Waals surface area contributed by atoms with Gasteiger partial charge < -0.3 is 10.0 Å². The van der Waals surface area contributed by atoms with E-state index in [9.17, 15) is 5.11 Å². The summed E-state index contributed by atoms with van der Waals surface area (Å²) in [7, 11) is 2.24. The van der Waals surface area contributed by atoms with E-state index in [-0.39, 0.29) is 5.41 Å². The molecule has 23 heavy (non-hydrogen) atoms. The van der Waals surface area contributed by atoms with Gasteiger partial charge in [-0.15, -0.1) is 11.3 Å². The Kier molecular flexibility index (Phi) is 5.78. The minimum Gasteiger partial charge on any atom is -0.396 e. The van der Waals surface area contributed by atoms with Crippen molar-refractivity contribution in [3.8, 4) is 0 Å². The van der Waals surface area contributed by atoms with Gasteiger partial charge in [0.1, 0.15) is 0 Å². The second-order valence-electron chi connectivity index (χ2n) is 7.58. The van der Waals surface area contributed by atoms with Gasteiger partial charge in [0.25, 0.3) is 0 Å². The lowest BCUT2D eigenvalue weighted by Gasteiger charge is -2.53. The molecule has 0 aliphatic carbocycles. The summed E-state index contributed by atoms with van der Waals surface area (Å²) < 4.78 is 0. The lowest BCUT2D eigenvalue weighted by molar-refractivity contribution is -0.0682. The van der Waals surface area contributed by atoms with E-state index < -0.39 is 0 Å². The first-order valence-corrected chi connectivity index (χ1v) is 10.1. The van der Waals surface area contributed by atoms with Gasteiger partial charge >= 0.3 is 0 Å². The molecule has 1 N–H and O–H groups in total. The fraction of sp³-hybridized carbons (Fsp3) is 0.789. The van der Waals surface area contributed by atoms with Gasteiger partial charge in [-0.25, -0.2) is 0 Å². The number of unbranched alkanes of at least 4 members (excludes halogenated alkanes) is 1. The SMILES string of the molecule is CCCCc1ccc(CN2CC[C@@]3(CO)CCCN(C)[C@@H]3C2)s1. The van der Waals surface area contributed by atoms with Crippen LogP contribution in [0.5, 0.6) is 0 Å². The molecule has 130 valence electrons. The van der Waals surface area contributed by atoms with Crippen molar-refractivity contribution >= 4 is 11.3 Å². The highest BCUT2D eigenvalue weighted by Crippen LogP contribution is 2.41. The van der Waals surface area contributed by atoms with E-state index in [0.29, 0.717) is 12.6 Å². The number of piperidine rings is 2. The van der Waals surface area contributed by atoms with Crippen LogP contribution in [0.25, 0.3) is 0 Å². The number of hydrogen-bond donors (Lipinski definition) is 1. The average molecular weight is 337 g/mol. The van der Waals surface area contributed by atoms with Gasteiger partial charge in [0.2, 0.25) is 0 Å². The molecule has 3 rings (SSSR count). The normalized spacial score (nSPS) is 29.6. The van der Waals surface area contributed by atoms with Gasteiger partial charge in [-0.2, -0.15) is 0 Å². The first kappa shape index (κ1) is 17.4. The average Bonchev–Trinajstić information content (AvgIpc) is 3.01. The summed E-state index contributed by atoms with van der Waals surface area (Å²) in [5.41, 5.74) is 0.158. The maximum Gasteiger partial charge on any atom is 0.0503 e. The Bertz CT molecular complexity index is 503. The molecule has 4 heteroatoms. The molecule has 2 atom stereocenters. The second-order valence-corrected chi connectivity index (χ2v) is 8.83. The molecule has 0 unspecified atom stereocenters. The molecular weight excluding hydrogens is 304 g/mol. The number of fused-ring (bicyclic) bond motifs is 1. The van der Waals surface area contributed by atoms with E-state index in [1.54, 1.807) is 4.88 Å². The van der Waals surface area contributed by atoms with Crippen molar-refractivity contribution in [2.75, 3.05) is 33.3 Å². The van der Waals surface area contributed by atoms with E-state index in [1.165, 1.54) is 43.5 Å². The number of rotatable bonds is 6. The van der Waals surface area contributed by atoms with Crippen LogP contribution in [-0.2, 0) is 13.0 Å². The number of aliphatic hydroxyl groups is 1. The molecule has 2 aliphatic heterocycles. The van der Waals surface area contributed by atoms with E-state index in [1.807, 2.05) is 11.3 Å². The van der Waals surface area contributed by atoms with Crippen molar-refractivity contribution in [3.63, 3.8) is 0 Å². The predicted molar refractivity (Wildman–Crippen MR) is 98.0 cm³/mol. The molecular formula is C19H32N2OS. The van der Waals surface area contributed by atoms with Gasteiger partial charge in [-0.1, -0.05) is 13.3 Å². The second kappa shape index (κ2) is 7.64. The Morgan fingerprint density at radius 3 is 2.87 bits per heavy atom. The van der Waals surface area contributed by atoms with E-state index >= 15 is 0 Å². The molecule has 1 aromatic heterocycles. The van der Waals surface area contributed by atoms with Crippen LogP contribution in [0.15, 0.2) is 12.1 Å². The van der Waals surface area contributed by atoms with Crippen LogP contribution in [0.2, 0.25) is 0 Å². The Morgan fingerprint density at radius 2 is 2.09 bits per heavy atom. The highest BCUT2D eigenvalue weighted by Gasteiger charge is 2.46. The fourth-order valence-electron chi connectivity index (χ4n) is 4.43. The summed E-state index contributed by atoms with van der Waals surface area (Å²) in [5, 5.41) is 10.0.